The number of hydrogen-bond acceptors (Lipinski definition) is 2. The van der Waals surface area contributed by atoms with Crippen LogP contribution in [0.15, 0.2) is 46.9 Å². The van der Waals surface area contributed by atoms with Crippen molar-refractivity contribution in [2.24, 2.45) is 0 Å². The highest BCUT2D eigenvalue weighted by molar-refractivity contribution is 9.10. The molecular weight excluding hydrogens is 325 g/mol. The molecule has 2 aromatic carbocycles. The summed E-state index contributed by atoms with van der Waals surface area (Å²) in [5.74, 6) is -0.397. The van der Waals surface area contributed by atoms with Gasteiger partial charge in [-0.25, -0.2) is 4.39 Å². The van der Waals surface area contributed by atoms with Gasteiger partial charge < -0.3 is 4.74 Å². The highest BCUT2D eigenvalue weighted by atomic mass is 79.9. The second kappa shape index (κ2) is 6.62. The van der Waals surface area contributed by atoms with Crippen LogP contribution in [0.1, 0.15) is 23.0 Å². The first kappa shape index (κ1) is 14.7. The minimum absolute atomic E-state index is 0.0354. The van der Waals surface area contributed by atoms with Gasteiger partial charge in [-0.3, -0.25) is 0 Å². The van der Waals surface area contributed by atoms with Crippen molar-refractivity contribution in [3.8, 4) is 6.07 Å². The molecule has 0 amide bonds. The maximum Gasteiger partial charge on any atom is 0.219 e. The van der Waals surface area contributed by atoms with Crippen molar-refractivity contribution in [3.63, 3.8) is 0 Å². The second-order valence-electron chi connectivity index (χ2n) is 4.08. The van der Waals surface area contributed by atoms with E-state index in [-0.39, 0.29) is 17.7 Å². The van der Waals surface area contributed by atoms with E-state index in [0.717, 1.165) is 0 Å². The molecule has 0 N–H and O–H groups in total. The van der Waals surface area contributed by atoms with E-state index in [0.29, 0.717) is 10.0 Å². The van der Waals surface area contributed by atoms with Gasteiger partial charge in [0.2, 0.25) is 6.29 Å². The molecule has 20 heavy (non-hydrogen) atoms. The highest BCUT2D eigenvalue weighted by Gasteiger charge is 2.15. The number of ether oxygens (including phenoxy) is 1. The van der Waals surface area contributed by atoms with Crippen LogP contribution >= 0.6 is 15.9 Å². The molecule has 0 aromatic heterocycles. The largest absolute Gasteiger partial charge is 0.341 e. The Morgan fingerprint density at radius 1 is 1.30 bits per heavy atom. The molecule has 0 spiro atoms. The monoisotopic (exact) mass is 334 g/mol. The second-order valence-corrected chi connectivity index (χ2v) is 4.93. The van der Waals surface area contributed by atoms with Crippen LogP contribution in [0.3, 0.4) is 0 Å². The third-order valence-corrected chi connectivity index (χ3v) is 3.51. The molecular formula is C15H10BrFNO2. The van der Waals surface area contributed by atoms with Gasteiger partial charge in [0.1, 0.15) is 5.82 Å². The van der Waals surface area contributed by atoms with Gasteiger partial charge in [-0.05, 0) is 29.8 Å². The fourth-order valence-electron chi connectivity index (χ4n) is 1.71. The van der Waals surface area contributed by atoms with E-state index < -0.39 is 12.1 Å². The van der Waals surface area contributed by atoms with Crippen LogP contribution in [0.5, 0.6) is 0 Å². The molecule has 0 aliphatic heterocycles. The molecule has 5 heteroatoms. The molecule has 0 heterocycles. The molecule has 0 bridgehead atoms. The summed E-state index contributed by atoms with van der Waals surface area (Å²) in [4.78, 5) is 0. The fourth-order valence-corrected chi connectivity index (χ4v) is 2.07. The van der Waals surface area contributed by atoms with Gasteiger partial charge in [0.15, 0.2) is 0 Å². The lowest BCUT2D eigenvalue weighted by Gasteiger charge is -2.12. The Hall–Kier alpha value is -1.74. The van der Waals surface area contributed by atoms with Gasteiger partial charge in [-0.1, -0.05) is 34.1 Å². The third-order valence-electron chi connectivity index (χ3n) is 2.73. The smallest absolute Gasteiger partial charge is 0.219 e. The lowest BCUT2D eigenvalue weighted by molar-refractivity contribution is -0.152. The van der Waals surface area contributed by atoms with Crippen molar-refractivity contribution >= 4 is 15.9 Å². The summed E-state index contributed by atoms with van der Waals surface area (Å²) in [6.45, 7) is -0.0354. The molecule has 0 aliphatic rings. The molecule has 0 saturated carbocycles. The standard InChI is InChI=1S/C15H10BrFNO2/c16-14-6-5-12(17)7-11(14)9-20-15(19)13-4-2-1-3-10(13)8-18/h1-7,15H,9H2. The molecule has 101 valence electrons. The summed E-state index contributed by atoms with van der Waals surface area (Å²) in [6.07, 6.45) is -1.49. The van der Waals surface area contributed by atoms with Crippen LogP contribution in [-0.2, 0) is 16.5 Å². The summed E-state index contributed by atoms with van der Waals surface area (Å²) < 4.78 is 19.0. The Morgan fingerprint density at radius 2 is 2.05 bits per heavy atom. The summed E-state index contributed by atoms with van der Waals surface area (Å²) in [5, 5.41) is 20.9. The maximum absolute atomic E-state index is 13.1. The topological polar surface area (TPSA) is 52.9 Å². The molecule has 0 saturated heterocycles. The van der Waals surface area contributed by atoms with E-state index in [1.807, 2.05) is 6.07 Å². The van der Waals surface area contributed by atoms with Gasteiger partial charge >= 0.3 is 0 Å². The molecule has 1 atom stereocenters. The van der Waals surface area contributed by atoms with Gasteiger partial charge in [0.25, 0.3) is 0 Å². The predicted octanol–water partition coefficient (Wildman–Crippen LogP) is 4.11. The van der Waals surface area contributed by atoms with E-state index in [1.54, 1.807) is 30.3 Å². The van der Waals surface area contributed by atoms with Crippen LogP contribution in [0.4, 0.5) is 4.39 Å². The van der Waals surface area contributed by atoms with Crippen molar-refractivity contribution in [1.29, 1.82) is 5.26 Å². The van der Waals surface area contributed by atoms with Crippen LogP contribution in [0, 0.1) is 17.1 Å². The van der Waals surface area contributed by atoms with Gasteiger partial charge in [0, 0.05) is 10.0 Å². The Bertz CT molecular complexity index is 655. The lowest BCUT2D eigenvalue weighted by Crippen LogP contribution is -2.04. The Balaban J connectivity index is 2.11. The zero-order valence-corrected chi connectivity index (χ0v) is 11.9. The molecule has 2 rings (SSSR count). The minimum Gasteiger partial charge on any atom is -0.341 e. The maximum atomic E-state index is 13.1. The van der Waals surface area contributed by atoms with Crippen LogP contribution in [0.2, 0.25) is 0 Å². The summed E-state index contributed by atoms with van der Waals surface area (Å²) >= 11 is 3.26. The van der Waals surface area contributed by atoms with Gasteiger partial charge in [-0.2, -0.15) is 10.4 Å². The Kier molecular flexibility index (Phi) is 4.85. The number of nitrogens with zero attached hydrogens (tertiary/aromatic N) is 1. The first-order valence-electron chi connectivity index (χ1n) is 5.82. The van der Waals surface area contributed by atoms with Crippen LogP contribution in [0.25, 0.3) is 0 Å². The number of rotatable bonds is 4. The fraction of sp³-hybridized carbons (Fsp3) is 0.133. The highest BCUT2D eigenvalue weighted by Crippen LogP contribution is 2.24. The normalized spacial score (nSPS) is 11.9. The van der Waals surface area contributed by atoms with Crippen molar-refractivity contribution in [3.05, 3.63) is 69.4 Å². The molecule has 0 fully saturated rings. The zero-order chi connectivity index (χ0) is 14.5. The molecule has 1 radical (unpaired) electrons. The molecule has 2 aromatic rings. The van der Waals surface area contributed by atoms with Crippen molar-refractivity contribution < 1.29 is 14.2 Å². The van der Waals surface area contributed by atoms with E-state index in [4.69, 9.17) is 10.00 Å². The lowest BCUT2D eigenvalue weighted by atomic mass is 10.1. The number of hydrogen-bond donors (Lipinski definition) is 0. The van der Waals surface area contributed by atoms with Gasteiger partial charge in [-0.15, -0.1) is 0 Å². The quantitative estimate of drug-likeness (QED) is 0.790. The summed E-state index contributed by atoms with van der Waals surface area (Å²) in [7, 11) is 0. The molecule has 3 nitrogen and oxygen atoms in total. The Labute approximate surface area is 124 Å². The molecule has 0 aliphatic carbocycles. The zero-order valence-electron chi connectivity index (χ0n) is 10.3. The summed E-state index contributed by atoms with van der Waals surface area (Å²) in [5.41, 5.74) is 1.11. The van der Waals surface area contributed by atoms with Crippen molar-refractivity contribution in [2.75, 3.05) is 0 Å². The van der Waals surface area contributed by atoms with Crippen LogP contribution < -0.4 is 0 Å². The van der Waals surface area contributed by atoms with Crippen LogP contribution in [-0.4, -0.2) is 0 Å². The van der Waals surface area contributed by atoms with Crippen molar-refractivity contribution in [1.82, 2.24) is 0 Å². The predicted molar refractivity (Wildman–Crippen MR) is 73.5 cm³/mol. The van der Waals surface area contributed by atoms with E-state index in [2.05, 4.69) is 15.9 Å². The van der Waals surface area contributed by atoms with Gasteiger partial charge in [0.05, 0.1) is 18.2 Å². The van der Waals surface area contributed by atoms with Crippen molar-refractivity contribution in [2.45, 2.75) is 12.9 Å². The number of benzene rings is 2. The third kappa shape index (κ3) is 3.42. The average molecular weight is 335 g/mol. The SMILES string of the molecule is N#Cc1ccccc1C([O])OCc1cc(F)ccc1Br. The first-order valence-corrected chi connectivity index (χ1v) is 6.61. The minimum atomic E-state index is -1.49. The number of halogens is 2. The first-order chi connectivity index (χ1) is 9.61. The van der Waals surface area contributed by atoms with E-state index in [9.17, 15) is 9.50 Å². The molecule has 1 unspecified atom stereocenters. The Morgan fingerprint density at radius 3 is 2.80 bits per heavy atom. The van der Waals surface area contributed by atoms with E-state index in [1.165, 1.54) is 12.1 Å². The number of nitriles is 1. The van der Waals surface area contributed by atoms with E-state index >= 15 is 0 Å². The average Bonchev–Trinajstić information content (AvgIpc) is 2.47. The summed E-state index contributed by atoms with van der Waals surface area (Å²) in [6, 6.07) is 12.6.